The summed E-state index contributed by atoms with van der Waals surface area (Å²) in [4.78, 5) is 4.17. The molecular weight excluding hydrogens is 468 g/mol. The van der Waals surface area contributed by atoms with Crippen LogP contribution in [0.5, 0.6) is 5.75 Å². The molecule has 1 aromatic carbocycles. The predicted molar refractivity (Wildman–Crippen MR) is 114 cm³/mol. The van der Waals surface area contributed by atoms with E-state index < -0.39 is 0 Å². The highest BCUT2D eigenvalue weighted by molar-refractivity contribution is 14.0. The molecule has 2 N–H and O–H groups in total. The number of hydrogen-bond acceptors (Lipinski definition) is 3. The van der Waals surface area contributed by atoms with Gasteiger partial charge in [0.25, 0.3) is 0 Å². The first-order valence-electron chi connectivity index (χ1n) is 7.19. The fourth-order valence-corrected chi connectivity index (χ4v) is 2.56. The van der Waals surface area contributed by atoms with Crippen molar-refractivity contribution < 1.29 is 4.74 Å². The normalized spacial score (nSPS) is 10.9. The molecule has 0 unspecified atom stereocenters. The molecule has 23 heavy (non-hydrogen) atoms. The zero-order valence-electron chi connectivity index (χ0n) is 13.4. The molecule has 1 aromatic rings. The number of unbranched alkanes of at least 4 members (excludes halogenated alkanes) is 1. The van der Waals surface area contributed by atoms with Crippen molar-refractivity contribution in [2.75, 3.05) is 38.8 Å². The van der Waals surface area contributed by atoms with Crippen molar-refractivity contribution in [1.29, 1.82) is 0 Å². The Balaban J connectivity index is 0.00000484. The molecule has 4 nitrogen and oxygen atoms in total. The summed E-state index contributed by atoms with van der Waals surface area (Å²) in [6.45, 7) is 2.03. The quantitative estimate of drug-likeness (QED) is 0.234. The predicted octanol–water partition coefficient (Wildman–Crippen LogP) is 4.30. The van der Waals surface area contributed by atoms with Gasteiger partial charge in [-0.1, -0.05) is 29.3 Å². The molecule has 0 saturated carbocycles. The molecule has 0 bridgehead atoms. The Hall–Kier alpha value is -0.0500. The minimum absolute atomic E-state index is 0. The van der Waals surface area contributed by atoms with Gasteiger partial charge in [0.05, 0.1) is 11.6 Å². The third-order valence-corrected chi connectivity index (χ3v) is 4.36. The summed E-state index contributed by atoms with van der Waals surface area (Å²) in [6, 6.07) is 5.34. The summed E-state index contributed by atoms with van der Waals surface area (Å²) in [7, 11) is 1.76. The van der Waals surface area contributed by atoms with E-state index in [9.17, 15) is 0 Å². The summed E-state index contributed by atoms with van der Waals surface area (Å²) in [5.74, 6) is 2.57. The molecule has 0 saturated heterocycles. The standard InChI is InChI=1S/C15H23Cl2N3OS.HI/c1-18-15(19-8-3-4-11-22-2)20-9-10-21-13-7-5-6-12(16)14(13)17;/h5-7H,3-4,8-11H2,1-2H3,(H2,18,19,20);1H. The molecule has 0 amide bonds. The number of benzene rings is 1. The van der Waals surface area contributed by atoms with Gasteiger partial charge < -0.3 is 15.4 Å². The van der Waals surface area contributed by atoms with Crippen molar-refractivity contribution in [3.8, 4) is 5.75 Å². The molecule has 0 heterocycles. The van der Waals surface area contributed by atoms with E-state index in [1.54, 1.807) is 19.2 Å². The number of nitrogens with one attached hydrogen (secondary N) is 2. The van der Waals surface area contributed by atoms with Gasteiger partial charge in [-0.3, -0.25) is 4.99 Å². The third kappa shape index (κ3) is 9.74. The van der Waals surface area contributed by atoms with Gasteiger partial charge in [0.1, 0.15) is 17.4 Å². The summed E-state index contributed by atoms with van der Waals surface area (Å²) < 4.78 is 5.61. The Bertz CT molecular complexity index is 478. The van der Waals surface area contributed by atoms with Gasteiger partial charge in [-0.05, 0) is 37.0 Å². The van der Waals surface area contributed by atoms with Crippen LogP contribution in [-0.4, -0.2) is 44.7 Å². The second kappa shape index (κ2) is 14.3. The SMILES string of the molecule is CN=C(NCCCCSC)NCCOc1cccc(Cl)c1Cl.I. The van der Waals surface area contributed by atoms with Crippen LogP contribution in [-0.2, 0) is 0 Å². The molecule has 0 aromatic heterocycles. The van der Waals surface area contributed by atoms with Gasteiger partial charge in [-0.15, -0.1) is 24.0 Å². The molecule has 0 aliphatic heterocycles. The van der Waals surface area contributed by atoms with E-state index in [4.69, 9.17) is 27.9 Å². The van der Waals surface area contributed by atoms with Gasteiger partial charge in [-0.2, -0.15) is 11.8 Å². The number of nitrogens with zero attached hydrogens (tertiary/aromatic N) is 1. The summed E-state index contributed by atoms with van der Waals surface area (Å²) >= 11 is 13.9. The van der Waals surface area contributed by atoms with Crippen molar-refractivity contribution >= 4 is 64.9 Å². The van der Waals surface area contributed by atoms with E-state index in [2.05, 4.69) is 21.9 Å². The topological polar surface area (TPSA) is 45.7 Å². The van der Waals surface area contributed by atoms with Crippen LogP contribution >= 0.6 is 58.9 Å². The molecule has 0 aliphatic carbocycles. The maximum Gasteiger partial charge on any atom is 0.191 e. The second-order valence-corrected chi connectivity index (χ2v) is 6.30. The van der Waals surface area contributed by atoms with Crippen LogP contribution in [0, 0.1) is 0 Å². The molecule has 0 fully saturated rings. The van der Waals surface area contributed by atoms with Gasteiger partial charge in [0.2, 0.25) is 0 Å². The second-order valence-electron chi connectivity index (χ2n) is 4.53. The van der Waals surface area contributed by atoms with Gasteiger partial charge in [-0.25, -0.2) is 0 Å². The molecular formula is C15H24Cl2IN3OS. The van der Waals surface area contributed by atoms with Crippen molar-refractivity contribution in [3.05, 3.63) is 28.2 Å². The first-order valence-corrected chi connectivity index (χ1v) is 9.34. The smallest absolute Gasteiger partial charge is 0.191 e. The minimum Gasteiger partial charge on any atom is -0.490 e. The van der Waals surface area contributed by atoms with Gasteiger partial charge >= 0.3 is 0 Å². The molecule has 0 radical (unpaired) electrons. The van der Waals surface area contributed by atoms with Crippen LogP contribution < -0.4 is 15.4 Å². The average Bonchev–Trinajstić information content (AvgIpc) is 2.53. The fourth-order valence-electron chi connectivity index (χ4n) is 1.72. The van der Waals surface area contributed by atoms with Crippen LogP contribution in [0.15, 0.2) is 23.2 Å². The largest absolute Gasteiger partial charge is 0.490 e. The Morgan fingerprint density at radius 3 is 2.65 bits per heavy atom. The maximum absolute atomic E-state index is 6.06. The fraction of sp³-hybridized carbons (Fsp3) is 0.533. The average molecular weight is 492 g/mol. The monoisotopic (exact) mass is 491 g/mol. The first kappa shape index (κ1) is 22.9. The van der Waals surface area contributed by atoms with Crippen molar-refractivity contribution in [2.24, 2.45) is 4.99 Å². The number of thioether (sulfide) groups is 1. The minimum atomic E-state index is 0. The lowest BCUT2D eigenvalue weighted by molar-refractivity contribution is 0.322. The number of rotatable bonds is 9. The molecule has 0 spiro atoms. The van der Waals surface area contributed by atoms with Crippen LogP contribution in [0.4, 0.5) is 0 Å². The Kier molecular flexibility index (Phi) is 14.3. The Morgan fingerprint density at radius 1 is 1.22 bits per heavy atom. The molecule has 8 heteroatoms. The zero-order chi connectivity index (χ0) is 16.2. The lowest BCUT2D eigenvalue weighted by Gasteiger charge is -2.13. The summed E-state index contributed by atoms with van der Waals surface area (Å²) in [5, 5.41) is 7.41. The zero-order valence-corrected chi connectivity index (χ0v) is 18.1. The van der Waals surface area contributed by atoms with E-state index >= 15 is 0 Å². The maximum atomic E-state index is 6.06. The van der Waals surface area contributed by atoms with Gasteiger partial charge in [0.15, 0.2) is 5.96 Å². The highest BCUT2D eigenvalue weighted by Crippen LogP contribution is 2.31. The Morgan fingerprint density at radius 2 is 1.96 bits per heavy atom. The van der Waals surface area contributed by atoms with Crippen molar-refractivity contribution in [3.63, 3.8) is 0 Å². The number of halogens is 3. The van der Waals surface area contributed by atoms with Crippen LogP contribution in [0.3, 0.4) is 0 Å². The molecule has 0 aliphatic rings. The highest BCUT2D eigenvalue weighted by atomic mass is 127. The number of guanidine groups is 1. The number of ether oxygens (including phenoxy) is 1. The van der Waals surface area contributed by atoms with E-state index in [1.807, 2.05) is 17.8 Å². The third-order valence-electron chi connectivity index (χ3n) is 2.86. The lowest BCUT2D eigenvalue weighted by atomic mass is 10.3. The van der Waals surface area contributed by atoms with Crippen LogP contribution in [0.1, 0.15) is 12.8 Å². The lowest BCUT2D eigenvalue weighted by Crippen LogP contribution is -2.39. The highest BCUT2D eigenvalue weighted by Gasteiger charge is 2.05. The van der Waals surface area contributed by atoms with E-state index in [1.165, 1.54) is 12.2 Å². The van der Waals surface area contributed by atoms with E-state index in [0.717, 1.165) is 18.9 Å². The molecule has 1 rings (SSSR count). The van der Waals surface area contributed by atoms with Crippen LogP contribution in [0.2, 0.25) is 10.0 Å². The molecule has 0 atom stereocenters. The van der Waals surface area contributed by atoms with Gasteiger partial charge in [0, 0.05) is 13.6 Å². The number of hydrogen-bond donors (Lipinski definition) is 2. The van der Waals surface area contributed by atoms with E-state index in [0.29, 0.717) is 28.9 Å². The molecule has 132 valence electrons. The first-order chi connectivity index (χ1) is 10.7. The van der Waals surface area contributed by atoms with Crippen molar-refractivity contribution in [1.82, 2.24) is 10.6 Å². The summed E-state index contributed by atoms with van der Waals surface area (Å²) in [5.41, 5.74) is 0. The Labute approximate surface area is 170 Å². The number of aliphatic imine (C=N–C) groups is 1. The van der Waals surface area contributed by atoms with Crippen molar-refractivity contribution in [2.45, 2.75) is 12.8 Å². The van der Waals surface area contributed by atoms with E-state index in [-0.39, 0.29) is 24.0 Å². The van der Waals surface area contributed by atoms with Crippen LogP contribution in [0.25, 0.3) is 0 Å². The summed E-state index contributed by atoms with van der Waals surface area (Å²) in [6.07, 6.45) is 4.47.